The van der Waals surface area contributed by atoms with Crippen molar-refractivity contribution in [2.24, 2.45) is 0 Å². The molecular weight excluding hydrogens is 290 g/mol. The van der Waals surface area contributed by atoms with Crippen LogP contribution in [0.4, 0.5) is 16.2 Å². The monoisotopic (exact) mass is 313 g/mol. The Morgan fingerprint density at radius 1 is 1.09 bits per heavy atom. The summed E-state index contributed by atoms with van der Waals surface area (Å²) in [7, 11) is 3.83. The molecule has 0 spiro atoms. The minimum absolute atomic E-state index is 0.118. The molecule has 0 radical (unpaired) electrons. The van der Waals surface area contributed by atoms with Crippen molar-refractivity contribution in [3.8, 4) is 0 Å². The van der Waals surface area contributed by atoms with Crippen LogP contribution in [0.3, 0.4) is 0 Å². The molecule has 2 amide bonds. The molecule has 3 N–H and O–H groups in total. The summed E-state index contributed by atoms with van der Waals surface area (Å²) in [5, 5.41) is 16.0. The van der Waals surface area contributed by atoms with Crippen LogP contribution in [0.2, 0.25) is 0 Å². The van der Waals surface area contributed by atoms with Gasteiger partial charge in [-0.25, -0.2) is 4.79 Å². The van der Waals surface area contributed by atoms with E-state index in [2.05, 4.69) is 10.6 Å². The molecule has 0 bridgehead atoms. The third-order valence-corrected chi connectivity index (χ3v) is 3.62. The Bertz CT molecular complexity index is 654. The number of para-hydroxylation sites is 2. The molecule has 0 aromatic heterocycles. The molecule has 2 rings (SSSR count). The zero-order valence-electron chi connectivity index (χ0n) is 13.7. The number of carbonyl (C=O) groups excluding carboxylic acids is 1. The van der Waals surface area contributed by atoms with Crippen molar-refractivity contribution < 1.29 is 9.90 Å². The molecular formula is C18H23N3O2. The second-order valence-corrected chi connectivity index (χ2v) is 5.86. The van der Waals surface area contributed by atoms with Crippen LogP contribution >= 0.6 is 0 Å². The number of aliphatic hydroxyl groups is 1. The number of nitrogens with zero attached hydrogens (tertiary/aromatic N) is 1. The number of amides is 2. The van der Waals surface area contributed by atoms with Gasteiger partial charge in [-0.1, -0.05) is 42.5 Å². The lowest BCUT2D eigenvalue weighted by molar-refractivity contribution is 0.0599. The van der Waals surface area contributed by atoms with E-state index in [-0.39, 0.29) is 12.6 Å². The SMILES string of the molecule is CN(C)c1ccccc1NC(=O)NC[C@](C)(O)c1ccccc1. The second-order valence-electron chi connectivity index (χ2n) is 5.86. The Labute approximate surface area is 136 Å². The van der Waals surface area contributed by atoms with Crippen LogP contribution in [0, 0.1) is 0 Å². The van der Waals surface area contributed by atoms with Crippen molar-refractivity contribution in [1.82, 2.24) is 5.32 Å². The normalized spacial score (nSPS) is 13.0. The van der Waals surface area contributed by atoms with Gasteiger partial charge < -0.3 is 20.6 Å². The predicted molar refractivity (Wildman–Crippen MR) is 93.8 cm³/mol. The van der Waals surface area contributed by atoms with Gasteiger partial charge in [-0.2, -0.15) is 0 Å². The van der Waals surface area contributed by atoms with Crippen molar-refractivity contribution in [1.29, 1.82) is 0 Å². The van der Waals surface area contributed by atoms with Crippen molar-refractivity contribution in [2.45, 2.75) is 12.5 Å². The van der Waals surface area contributed by atoms with Crippen LogP contribution in [-0.2, 0) is 5.60 Å². The van der Waals surface area contributed by atoms with Gasteiger partial charge in [0.25, 0.3) is 0 Å². The Balaban J connectivity index is 1.98. The topological polar surface area (TPSA) is 64.6 Å². The fourth-order valence-corrected chi connectivity index (χ4v) is 2.29. The minimum Gasteiger partial charge on any atom is -0.384 e. The van der Waals surface area contributed by atoms with Crippen LogP contribution in [-0.4, -0.2) is 31.8 Å². The number of benzene rings is 2. The highest BCUT2D eigenvalue weighted by Gasteiger charge is 2.23. The number of urea groups is 1. The Morgan fingerprint density at radius 3 is 2.35 bits per heavy atom. The van der Waals surface area contributed by atoms with Gasteiger partial charge in [-0.05, 0) is 24.6 Å². The summed E-state index contributed by atoms with van der Waals surface area (Å²) >= 11 is 0. The van der Waals surface area contributed by atoms with E-state index in [0.717, 1.165) is 11.3 Å². The van der Waals surface area contributed by atoms with Gasteiger partial charge in [-0.15, -0.1) is 0 Å². The number of carbonyl (C=O) groups is 1. The highest BCUT2D eigenvalue weighted by molar-refractivity contribution is 5.93. The first-order valence-electron chi connectivity index (χ1n) is 7.49. The fraction of sp³-hybridized carbons (Fsp3) is 0.278. The lowest BCUT2D eigenvalue weighted by Crippen LogP contribution is -2.40. The number of anilines is 2. The summed E-state index contributed by atoms with van der Waals surface area (Å²) in [4.78, 5) is 14.0. The van der Waals surface area contributed by atoms with Crippen LogP contribution in [0.5, 0.6) is 0 Å². The highest BCUT2D eigenvalue weighted by atomic mass is 16.3. The molecule has 0 aliphatic carbocycles. The smallest absolute Gasteiger partial charge is 0.319 e. The molecule has 5 heteroatoms. The molecule has 0 aliphatic heterocycles. The average molecular weight is 313 g/mol. The van der Waals surface area contributed by atoms with Crippen LogP contribution in [0.1, 0.15) is 12.5 Å². The zero-order chi connectivity index (χ0) is 16.9. The van der Waals surface area contributed by atoms with Crippen LogP contribution in [0.25, 0.3) is 0 Å². The molecule has 23 heavy (non-hydrogen) atoms. The first-order chi connectivity index (χ1) is 10.9. The van der Waals surface area contributed by atoms with Crippen molar-refractivity contribution in [3.05, 3.63) is 60.2 Å². The van der Waals surface area contributed by atoms with Crippen LogP contribution < -0.4 is 15.5 Å². The van der Waals surface area contributed by atoms with Gasteiger partial charge in [0, 0.05) is 14.1 Å². The van der Waals surface area contributed by atoms with Gasteiger partial charge in [-0.3, -0.25) is 0 Å². The fourth-order valence-electron chi connectivity index (χ4n) is 2.29. The van der Waals surface area contributed by atoms with Gasteiger partial charge in [0.1, 0.15) is 5.60 Å². The quantitative estimate of drug-likeness (QED) is 0.795. The molecule has 2 aromatic rings. The lowest BCUT2D eigenvalue weighted by Gasteiger charge is -2.24. The summed E-state index contributed by atoms with van der Waals surface area (Å²) in [6, 6.07) is 16.5. The molecule has 0 fully saturated rings. The van der Waals surface area contributed by atoms with Crippen molar-refractivity contribution in [2.75, 3.05) is 30.9 Å². The van der Waals surface area contributed by atoms with Crippen molar-refractivity contribution >= 4 is 17.4 Å². The number of rotatable bonds is 5. The highest BCUT2D eigenvalue weighted by Crippen LogP contribution is 2.23. The maximum absolute atomic E-state index is 12.1. The first kappa shape index (κ1) is 16.8. The molecule has 0 unspecified atom stereocenters. The van der Waals surface area contributed by atoms with Gasteiger partial charge in [0.05, 0.1) is 17.9 Å². The summed E-state index contributed by atoms with van der Waals surface area (Å²) in [5.41, 5.74) is 1.26. The summed E-state index contributed by atoms with van der Waals surface area (Å²) in [5.74, 6) is 0. The molecule has 0 saturated heterocycles. The number of hydrogen-bond acceptors (Lipinski definition) is 3. The van der Waals surface area contributed by atoms with Crippen LogP contribution in [0.15, 0.2) is 54.6 Å². The van der Waals surface area contributed by atoms with E-state index >= 15 is 0 Å². The van der Waals surface area contributed by atoms with E-state index in [1.807, 2.05) is 73.6 Å². The summed E-state index contributed by atoms with van der Waals surface area (Å²) < 4.78 is 0. The van der Waals surface area contributed by atoms with Gasteiger partial charge in [0.2, 0.25) is 0 Å². The average Bonchev–Trinajstić information content (AvgIpc) is 2.54. The standard InChI is InChI=1S/C18H23N3O2/c1-18(23,14-9-5-4-6-10-14)13-19-17(22)20-15-11-7-8-12-16(15)21(2)3/h4-12,23H,13H2,1-3H3,(H2,19,20,22)/t18-/m0/s1. The van der Waals surface area contributed by atoms with E-state index in [0.29, 0.717) is 5.69 Å². The number of hydrogen-bond donors (Lipinski definition) is 3. The van der Waals surface area contributed by atoms with Gasteiger partial charge in [0.15, 0.2) is 0 Å². The molecule has 0 heterocycles. The Hall–Kier alpha value is -2.53. The second kappa shape index (κ2) is 7.15. The molecule has 1 atom stereocenters. The molecule has 0 aliphatic rings. The Kier molecular flexibility index (Phi) is 5.24. The minimum atomic E-state index is -1.13. The van der Waals surface area contributed by atoms with E-state index in [1.54, 1.807) is 6.92 Å². The van der Waals surface area contributed by atoms with Gasteiger partial charge >= 0.3 is 6.03 Å². The molecule has 0 saturated carbocycles. The summed E-state index contributed by atoms with van der Waals surface area (Å²) in [6.45, 7) is 1.79. The van der Waals surface area contributed by atoms with E-state index < -0.39 is 5.60 Å². The largest absolute Gasteiger partial charge is 0.384 e. The predicted octanol–water partition coefficient (Wildman–Crippen LogP) is 2.78. The maximum Gasteiger partial charge on any atom is 0.319 e. The van der Waals surface area contributed by atoms with Crippen molar-refractivity contribution in [3.63, 3.8) is 0 Å². The van der Waals surface area contributed by atoms with E-state index in [1.165, 1.54) is 0 Å². The first-order valence-corrected chi connectivity index (χ1v) is 7.49. The zero-order valence-corrected chi connectivity index (χ0v) is 13.7. The number of nitrogens with one attached hydrogen (secondary N) is 2. The lowest BCUT2D eigenvalue weighted by atomic mass is 9.96. The maximum atomic E-state index is 12.1. The summed E-state index contributed by atoms with van der Waals surface area (Å²) in [6.07, 6.45) is 0. The van der Waals surface area contributed by atoms with E-state index in [9.17, 15) is 9.90 Å². The third kappa shape index (κ3) is 4.47. The molecule has 2 aromatic carbocycles. The third-order valence-electron chi connectivity index (χ3n) is 3.62. The van der Waals surface area contributed by atoms with E-state index in [4.69, 9.17) is 0 Å². The Morgan fingerprint density at radius 2 is 1.70 bits per heavy atom. The molecule has 122 valence electrons. The molecule has 5 nitrogen and oxygen atoms in total.